The number of fused-ring (bicyclic) bond motifs is 2. The van der Waals surface area contributed by atoms with Crippen LogP contribution in [0.4, 0.5) is 0 Å². The molecule has 1 atom stereocenters. The molecule has 0 N–H and O–H groups in total. The molecule has 1 aliphatic carbocycles. The first kappa shape index (κ1) is 13.7. The van der Waals surface area contributed by atoms with E-state index >= 15 is 0 Å². The minimum absolute atomic E-state index is 0. The topological polar surface area (TPSA) is 3.24 Å². The molecule has 1 unspecified atom stereocenters. The van der Waals surface area contributed by atoms with Crippen molar-refractivity contribution in [3.63, 3.8) is 0 Å². The SMILES string of the molecule is CN1CCc2cccc3c2C1Cc1ccccc1-3.[Pr]. The van der Waals surface area contributed by atoms with Gasteiger partial charge in [0.15, 0.2) is 0 Å². The van der Waals surface area contributed by atoms with Gasteiger partial charge in [-0.1, -0.05) is 42.5 Å². The largest absolute Gasteiger partial charge is 0.299 e. The summed E-state index contributed by atoms with van der Waals surface area (Å²) in [5.41, 5.74) is 7.56. The van der Waals surface area contributed by atoms with Gasteiger partial charge in [0.2, 0.25) is 0 Å². The van der Waals surface area contributed by atoms with Crippen LogP contribution in [-0.4, -0.2) is 18.5 Å². The van der Waals surface area contributed by atoms with E-state index in [1.54, 1.807) is 11.1 Å². The first-order valence-corrected chi connectivity index (χ1v) is 6.75. The molecule has 2 aromatic rings. The second-order valence-corrected chi connectivity index (χ2v) is 5.49. The molecular weight excluding hydrogens is 359 g/mol. The zero-order chi connectivity index (χ0) is 12.1. The maximum atomic E-state index is 2.52. The van der Waals surface area contributed by atoms with Crippen molar-refractivity contribution in [1.29, 1.82) is 0 Å². The molecule has 2 aliphatic rings. The Kier molecular flexibility index (Phi) is 3.81. The van der Waals surface area contributed by atoms with E-state index in [-0.39, 0.29) is 41.3 Å². The Labute approximate surface area is 148 Å². The van der Waals surface area contributed by atoms with E-state index in [9.17, 15) is 0 Å². The predicted octanol–water partition coefficient (Wildman–Crippen LogP) is 3.44. The Balaban J connectivity index is 0.00000110. The molecule has 1 nitrogen and oxygen atoms in total. The third kappa shape index (κ3) is 2.11. The number of hydrogen-bond donors (Lipinski definition) is 0. The molecule has 1 aliphatic heterocycles. The molecule has 4 rings (SSSR count). The van der Waals surface area contributed by atoms with Crippen molar-refractivity contribution >= 4 is 0 Å². The van der Waals surface area contributed by atoms with Crippen LogP contribution in [0.15, 0.2) is 42.5 Å². The molecule has 0 saturated carbocycles. The number of nitrogens with zero attached hydrogens (tertiary/aromatic N) is 1. The van der Waals surface area contributed by atoms with Crippen LogP contribution in [0.1, 0.15) is 22.7 Å². The van der Waals surface area contributed by atoms with E-state index in [0.717, 1.165) is 6.42 Å². The first-order valence-electron chi connectivity index (χ1n) is 6.75. The van der Waals surface area contributed by atoms with Crippen molar-refractivity contribution in [2.24, 2.45) is 0 Å². The molecule has 2 heteroatoms. The van der Waals surface area contributed by atoms with E-state index < -0.39 is 0 Å². The van der Waals surface area contributed by atoms with E-state index in [1.807, 2.05) is 0 Å². The third-order valence-electron chi connectivity index (χ3n) is 4.52. The Hall–Kier alpha value is -0.236. The fourth-order valence-electron chi connectivity index (χ4n) is 3.56. The molecule has 2 aromatic carbocycles. The van der Waals surface area contributed by atoms with Crippen molar-refractivity contribution in [3.05, 3.63) is 59.2 Å². The molecule has 93 valence electrons. The van der Waals surface area contributed by atoms with E-state index in [4.69, 9.17) is 0 Å². The van der Waals surface area contributed by atoms with Crippen LogP contribution < -0.4 is 0 Å². The van der Waals surface area contributed by atoms with Crippen LogP contribution in [0.5, 0.6) is 0 Å². The van der Waals surface area contributed by atoms with Gasteiger partial charge in [0, 0.05) is 53.9 Å². The average molecular weight is 376 g/mol. The Morgan fingerprint density at radius 1 is 0.947 bits per heavy atom. The smallest absolute Gasteiger partial charge is 0.0394 e. The molecule has 0 saturated heterocycles. The molecule has 0 spiro atoms. The van der Waals surface area contributed by atoms with Crippen molar-refractivity contribution in [1.82, 2.24) is 4.90 Å². The van der Waals surface area contributed by atoms with Gasteiger partial charge in [0.25, 0.3) is 0 Å². The van der Waals surface area contributed by atoms with Gasteiger partial charge in [0.1, 0.15) is 0 Å². The van der Waals surface area contributed by atoms with Crippen LogP contribution in [-0.2, 0) is 12.8 Å². The maximum absolute atomic E-state index is 2.52. The summed E-state index contributed by atoms with van der Waals surface area (Å²) in [5.74, 6) is 0. The van der Waals surface area contributed by atoms with E-state index in [1.165, 1.54) is 29.7 Å². The summed E-state index contributed by atoms with van der Waals surface area (Å²) in [6.45, 7) is 1.18. The summed E-state index contributed by atoms with van der Waals surface area (Å²) in [6.07, 6.45) is 2.36. The van der Waals surface area contributed by atoms with Crippen molar-refractivity contribution in [3.8, 4) is 11.1 Å². The summed E-state index contributed by atoms with van der Waals surface area (Å²) in [5, 5.41) is 0. The first-order chi connectivity index (χ1) is 8.84. The van der Waals surface area contributed by atoms with Crippen LogP contribution in [0.2, 0.25) is 0 Å². The second-order valence-electron chi connectivity index (χ2n) is 5.49. The van der Waals surface area contributed by atoms with E-state index in [0.29, 0.717) is 6.04 Å². The standard InChI is InChI=1S/C17H17N.Pr/c1-18-10-9-12-6-4-8-15-14-7-3-2-5-13(14)11-16(18)17(12)15;/h2-8,16H,9-11H2,1H3;. The van der Waals surface area contributed by atoms with Crippen LogP contribution in [0.25, 0.3) is 11.1 Å². The summed E-state index contributed by atoms with van der Waals surface area (Å²) in [7, 11) is 2.26. The van der Waals surface area contributed by atoms with Gasteiger partial charge in [-0.3, -0.25) is 4.90 Å². The van der Waals surface area contributed by atoms with Crippen molar-refractivity contribution in [2.75, 3.05) is 13.6 Å². The molecule has 1 radical (unpaired) electrons. The average Bonchev–Trinajstić information content (AvgIpc) is 2.43. The molecular formula is C17H17NPr. The molecule has 1 heterocycles. The minimum Gasteiger partial charge on any atom is -0.299 e. The fraction of sp³-hybridized carbons (Fsp3) is 0.294. The molecule has 0 bridgehead atoms. The third-order valence-corrected chi connectivity index (χ3v) is 4.52. The Bertz CT molecular complexity index is 620. The van der Waals surface area contributed by atoms with Gasteiger partial charge in [0.05, 0.1) is 0 Å². The minimum atomic E-state index is 0. The van der Waals surface area contributed by atoms with E-state index in [2.05, 4.69) is 54.4 Å². The maximum Gasteiger partial charge on any atom is 0.0394 e. The number of hydrogen-bond acceptors (Lipinski definition) is 1. The number of likely N-dealkylation sites (N-methyl/N-ethyl adjacent to an activating group) is 1. The summed E-state index contributed by atoms with van der Waals surface area (Å²) in [6, 6.07) is 16.3. The van der Waals surface area contributed by atoms with Crippen LogP contribution >= 0.6 is 0 Å². The van der Waals surface area contributed by atoms with Gasteiger partial charge in [-0.05, 0) is 47.7 Å². The summed E-state index contributed by atoms with van der Waals surface area (Å²) >= 11 is 0. The van der Waals surface area contributed by atoms with Gasteiger partial charge >= 0.3 is 0 Å². The zero-order valence-corrected chi connectivity index (χ0v) is 15.0. The van der Waals surface area contributed by atoms with Gasteiger partial charge in [-0.15, -0.1) is 0 Å². The van der Waals surface area contributed by atoms with Crippen LogP contribution in [0, 0.1) is 41.3 Å². The molecule has 0 amide bonds. The Morgan fingerprint density at radius 3 is 2.58 bits per heavy atom. The summed E-state index contributed by atoms with van der Waals surface area (Å²) in [4.78, 5) is 2.52. The number of rotatable bonds is 0. The van der Waals surface area contributed by atoms with Crippen molar-refractivity contribution in [2.45, 2.75) is 18.9 Å². The van der Waals surface area contributed by atoms with Gasteiger partial charge in [-0.2, -0.15) is 0 Å². The van der Waals surface area contributed by atoms with Crippen molar-refractivity contribution < 1.29 is 41.3 Å². The molecule has 0 aromatic heterocycles. The Morgan fingerprint density at radius 2 is 1.68 bits per heavy atom. The second kappa shape index (κ2) is 5.27. The predicted molar refractivity (Wildman–Crippen MR) is 74.7 cm³/mol. The normalized spacial score (nSPS) is 20.2. The quantitative estimate of drug-likeness (QED) is 0.681. The summed E-state index contributed by atoms with van der Waals surface area (Å²) < 4.78 is 0. The van der Waals surface area contributed by atoms with Crippen LogP contribution in [0.3, 0.4) is 0 Å². The van der Waals surface area contributed by atoms with Gasteiger partial charge < -0.3 is 0 Å². The monoisotopic (exact) mass is 376 g/mol. The van der Waals surface area contributed by atoms with Gasteiger partial charge in [-0.25, -0.2) is 0 Å². The molecule has 0 fully saturated rings. The number of benzene rings is 2. The zero-order valence-electron chi connectivity index (χ0n) is 11.3. The molecule has 19 heavy (non-hydrogen) atoms. The fourth-order valence-corrected chi connectivity index (χ4v) is 3.56.